The molecule has 2 amide bonds. The van der Waals surface area contributed by atoms with Gasteiger partial charge in [0.05, 0.1) is 6.26 Å². The molecule has 7 nitrogen and oxygen atoms in total. The van der Waals surface area contributed by atoms with Gasteiger partial charge >= 0.3 is 0 Å². The van der Waals surface area contributed by atoms with Crippen LogP contribution in [0.1, 0.15) is 21.0 Å². The zero-order valence-corrected chi connectivity index (χ0v) is 15.5. The van der Waals surface area contributed by atoms with Crippen LogP contribution >= 0.6 is 0 Å². The lowest BCUT2D eigenvalue weighted by molar-refractivity contribution is 0.0515. The van der Waals surface area contributed by atoms with Crippen LogP contribution in [0.25, 0.3) is 0 Å². The maximum atomic E-state index is 13.0. The van der Waals surface area contributed by atoms with Crippen molar-refractivity contribution in [3.05, 3.63) is 78.3 Å². The Labute approximate surface area is 166 Å². The number of anilines is 2. The molecule has 0 unspecified atom stereocenters. The summed E-state index contributed by atoms with van der Waals surface area (Å²) < 4.78 is 18.2. The molecule has 0 spiro atoms. The third kappa shape index (κ3) is 4.26. The maximum Gasteiger partial charge on any atom is 0.289 e. The summed E-state index contributed by atoms with van der Waals surface area (Å²) >= 11 is 0. The summed E-state index contributed by atoms with van der Waals surface area (Å²) in [6.07, 6.45) is 3.02. The molecule has 1 fully saturated rings. The first-order chi connectivity index (χ1) is 14.1. The molecule has 29 heavy (non-hydrogen) atoms. The van der Waals surface area contributed by atoms with Gasteiger partial charge in [0.25, 0.3) is 11.8 Å². The van der Waals surface area contributed by atoms with Gasteiger partial charge in [0, 0.05) is 43.8 Å². The van der Waals surface area contributed by atoms with Crippen molar-refractivity contribution in [3.63, 3.8) is 0 Å². The SMILES string of the molecule is O=C(c1cc(Nc2ccc(F)cc2)ccn1)N1CCN(C(=O)c2ccco2)CC1. The summed E-state index contributed by atoms with van der Waals surface area (Å²) in [5.41, 5.74) is 1.70. The zero-order chi connectivity index (χ0) is 20.2. The minimum absolute atomic E-state index is 0.175. The number of carbonyl (C=O) groups is 2. The van der Waals surface area contributed by atoms with Crippen molar-refractivity contribution >= 4 is 23.2 Å². The number of rotatable bonds is 4. The van der Waals surface area contributed by atoms with Crippen LogP contribution in [0, 0.1) is 5.82 Å². The first-order valence-electron chi connectivity index (χ1n) is 9.21. The highest BCUT2D eigenvalue weighted by Gasteiger charge is 2.27. The van der Waals surface area contributed by atoms with Gasteiger partial charge in [-0.05, 0) is 48.5 Å². The lowest BCUT2D eigenvalue weighted by Gasteiger charge is -2.34. The first-order valence-corrected chi connectivity index (χ1v) is 9.21. The highest BCUT2D eigenvalue weighted by Crippen LogP contribution is 2.18. The average Bonchev–Trinajstić information content (AvgIpc) is 3.30. The Morgan fingerprint density at radius 3 is 2.28 bits per heavy atom. The number of hydrogen-bond acceptors (Lipinski definition) is 5. The van der Waals surface area contributed by atoms with Crippen LogP contribution in [-0.2, 0) is 0 Å². The standard InChI is InChI=1S/C21H19FN4O3/c22-15-3-5-16(6-4-15)24-17-7-8-23-18(14-17)20(27)25-9-11-26(12-10-25)21(28)19-2-1-13-29-19/h1-8,13-14H,9-12H2,(H,23,24). The minimum atomic E-state index is -0.314. The smallest absolute Gasteiger partial charge is 0.289 e. The second kappa shape index (κ2) is 8.14. The average molecular weight is 394 g/mol. The Kier molecular flexibility index (Phi) is 5.24. The number of hydrogen-bond donors (Lipinski definition) is 1. The summed E-state index contributed by atoms with van der Waals surface area (Å²) in [6.45, 7) is 1.70. The van der Waals surface area contributed by atoms with Crippen molar-refractivity contribution < 1.29 is 18.4 Å². The van der Waals surface area contributed by atoms with E-state index in [9.17, 15) is 14.0 Å². The van der Waals surface area contributed by atoms with Gasteiger partial charge < -0.3 is 19.5 Å². The molecule has 1 aliphatic heterocycles. The number of aromatic nitrogens is 1. The largest absolute Gasteiger partial charge is 0.459 e. The summed E-state index contributed by atoms with van der Waals surface area (Å²) in [6, 6.07) is 12.7. The molecule has 2 aromatic heterocycles. The molecule has 3 aromatic rings. The van der Waals surface area contributed by atoms with E-state index in [1.807, 2.05) is 0 Å². The van der Waals surface area contributed by atoms with E-state index in [0.717, 1.165) is 0 Å². The van der Waals surface area contributed by atoms with Crippen LogP contribution in [0.3, 0.4) is 0 Å². The Hall–Kier alpha value is -3.68. The van der Waals surface area contributed by atoms with Crippen molar-refractivity contribution in [1.29, 1.82) is 0 Å². The van der Waals surface area contributed by atoms with Crippen molar-refractivity contribution in [2.24, 2.45) is 0 Å². The summed E-state index contributed by atoms with van der Waals surface area (Å²) in [5, 5.41) is 3.13. The van der Waals surface area contributed by atoms with Crippen LogP contribution in [0.4, 0.5) is 15.8 Å². The molecule has 1 aromatic carbocycles. The number of furan rings is 1. The van der Waals surface area contributed by atoms with Crippen LogP contribution in [0.5, 0.6) is 0 Å². The predicted octanol–water partition coefficient (Wildman–Crippen LogP) is 3.16. The van der Waals surface area contributed by atoms with Crippen molar-refractivity contribution in [2.75, 3.05) is 31.5 Å². The molecule has 4 rings (SSSR count). The van der Waals surface area contributed by atoms with E-state index in [-0.39, 0.29) is 17.6 Å². The molecule has 0 atom stereocenters. The van der Waals surface area contributed by atoms with E-state index in [2.05, 4.69) is 10.3 Å². The highest BCUT2D eigenvalue weighted by molar-refractivity contribution is 5.94. The fourth-order valence-corrected chi connectivity index (χ4v) is 3.16. The molecule has 148 valence electrons. The number of halogens is 1. The molecule has 8 heteroatoms. The van der Waals surface area contributed by atoms with E-state index in [4.69, 9.17) is 4.42 Å². The molecule has 0 aliphatic carbocycles. The van der Waals surface area contributed by atoms with Gasteiger partial charge in [-0.15, -0.1) is 0 Å². The van der Waals surface area contributed by atoms with E-state index in [1.165, 1.54) is 18.4 Å². The summed E-state index contributed by atoms with van der Waals surface area (Å²) in [4.78, 5) is 32.7. The molecule has 3 heterocycles. The molecule has 1 aliphatic rings. The van der Waals surface area contributed by atoms with Gasteiger partial charge in [-0.3, -0.25) is 14.6 Å². The molecular formula is C21H19FN4O3. The second-order valence-electron chi connectivity index (χ2n) is 6.62. The molecule has 1 saturated heterocycles. The van der Waals surface area contributed by atoms with E-state index in [1.54, 1.807) is 52.4 Å². The summed E-state index contributed by atoms with van der Waals surface area (Å²) in [7, 11) is 0. The minimum Gasteiger partial charge on any atom is -0.459 e. The molecular weight excluding hydrogens is 375 g/mol. The zero-order valence-electron chi connectivity index (χ0n) is 15.5. The fourth-order valence-electron chi connectivity index (χ4n) is 3.16. The lowest BCUT2D eigenvalue weighted by Crippen LogP contribution is -2.50. The topological polar surface area (TPSA) is 78.7 Å². The fraction of sp³-hybridized carbons (Fsp3) is 0.190. The van der Waals surface area contributed by atoms with Crippen molar-refractivity contribution in [1.82, 2.24) is 14.8 Å². The van der Waals surface area contributed by atoms with Gasteiger partial charge in [-0.1, -0.05) is 0 Å². The normalized spacial score (nSPS) is 14.0. The number of amides is 2. The number of carbonyl (C=O) groups excluding carboxylic acids is 2. The van der Waals surface area contributed by atoms with Crippen LogP contribution in [0.2, 0.25) is 0 Å². The number of pyridine rings is 1. The molecule has 0 radical (unpaired) electrons. The lowest BCUT2D eigenvalue weighted by atomic mass is 10.2. The third-order valence-electron chi connectivity index (χ3n) is 4.70. The van der Waals surface area contributed by atoms with Gasteiger partial charge in [0.15, 0.2) is 5.76 Å². The Morgan fingerprint density at radius 2 is 1.62 bits per heavy atom. The van der Waals surface area contributed by atoms with Gasteiger partial charge in [0.2, 0.25) is 0 Å². The van der Waals surface area contributed by atoms with Crippen LogP contribution in [0.15, 0.2) is 65.4 Å². The Balaban J connectivity index is 1.38. The number of piperazine rings is 1. The number of nitrogens with one attached hydrogen (secondary N) is 1. The Morgan fingerprint density at radius 1 is 0.931 bits per heavy atom. The predicted molar refractivity (Wildman–Crippen MR) is 104 cm³/mol. The number of nitrogens with zero attached hydrogens (tertiary/aromatic N) is 3. The molecule has 0 saturated carbocycles. The van der Waals surface area contributed by atoms with E-state index < -0.39 is 0 Å². The van der Waals surface area contributed by atoms with Crippen molar-refractivity contribution in [2.45, 2.75) is 0 Å². The van der Waals surface area contributed by atoms with Gasteiger partial charge in [-0.25, -0.2) is 4.39 Å². The Bertz CT molecular complexity index is 997. The van der Waals surface area contributed by atoms with E-state index >= 15 is 0 Å². The monoisotopic (exact) mass is 394 g/mol. The first kappa shape index (κ1) is 18.7. The molecule has 1 N–H and O–H groups in total. The quantitative estimate of drug-likeness (QED) is 0.735. The molecule has 0 bridgehead atoms. The second-order valence-corrected chi connectivity index (χ2v) is 6.62. The highest BCUT2D eigenvalue weighted by atomic mass is 19.1. The van der Waals surface area contributed by atoms with Crippen molar-refractivity contribution in [3.8, 4) is 0 Å². The summed E-state index contributed by atoms with van der Waals surface area (Å²) in [5.74, 6) is -0.389. The third-order valence-corrected chi connectivity index (χ3v) is 4.70. The van der Waals surface area contributed by atoms with Crippen LogP contribution < -0.4 is 5.32 Å². The van der Waals surface area contributed by atoms with Gasteiger partial charge in [0.1, 0.15) is 11.5 Å². The number of benzene rings is 1. The van der Waals surface area contributed by atoms with Gasteiger partial charge in [-0.2, -0.15) is 0 Å². The van der Waals surface area contributed by atoms with E-state index in [0.29, 0.717) is 49.0 Å². The van der Waals surface area contributed by atoms with Crippen LogP contribution in [-0.4, -0.2) is 52.8 Å². The maximum absolute atomic E-state index is 13.0.